The van der Waals surface area contributed by atoms with Gasteiger partial charge in [0.15, 0.2) is 0 Å². The highest BCUT2D eigenvalue weighted by Gasteiger charge is 2.09. The molecule has 0 bridgehead atoms. The summed E-state index contributed by atoms with van der Waals surface area (Å²) in [5.74, 6) is 0.113. The normalized spacial score (nSPS) is 12.1. The molecule has 1 amide bonds. The minimum atomic E-state index is -0.972. The van der Waals surface area contributed by atoms with Gasteiger partial charge in [0.05, 0.1) is 17.2 Å². The summed E-state index contributed by atoms with van der Waals surface area (Å²) < 4.78 is 12.7. The second-order valence-electron chi connectivity index (χ2n) is 5.76. The molecule has 0 aliphatic heterocycles. The van der Waals surface area contributed by atoms with Gasteiger partial charge in [-0.25, -0.2) is 4.98 Å². The minimum absolute atomic E-state index is 0.173. The van der Waals surface area contributed by atoms with Crippen molar-refractivity contribution in [3.63, 3.8) is 0 Å². The van der Waals surface area contributed by atoms with Crippen molar-refractivity contribution in [3.8, 4) is 0 Å². The van der Waals surface area contributed by atoms with Gasteiger partial charge in [-0.05, 0) is 35.9 Å². The number of fused-ring (bicyclic) bond motifs is 1. The highest BCUT2D eigenvalue weighted by molar-refractivity contribution is 7.83. The van der Waals surface area contributed by atoms with E-state index in [0.29, 0.717) is 27.9 Å². The first-order valence-corrected chi connectivity index (χ1v) is 9.32. The molecule has 0 aliphatic carbocycles. The fourth-order valence-corrected chi connectivity index (χ4v) is 3.18. The first kappa shape index (κ1) is 17.0. The largest absolute Gasteiger partial charge is 0.322 e. The molecule has 6 nitrogen and oxygen atoms in total. The molecule has 1 heterocycles. The Bertz CT molecular complexity index is 1040. The Morgan fingerprint density at radius 3 is 2.80 bits per heavy atom. The third-order valence-corrected chi connectivity index (χ3v) is 4.47. The van der Waals surface area contributed by atoms with Crippen LogP contribution in [0.3, 0.4) is 0 Å². The van der Waals surface area contributed by atoms with Crippen LogP contribution in [0.5, 0.6) is 0 Å². The highest BCUT2D eigenvalue weighted by atomic mass is 32.2. The van der Waals surface area contributed by atoms with Crippen LogP contribution in [0.25, 0.3) is 10.9 Å². The van der Waals surface area contributed by atoms with E-state index in [-0.39, 0.29) is 11.5 Å². The number of anilines is 1. The van der Waals surface area contributed by atoms with E-state index >= 15 is 0 Å². The molecule has 0 spiro atoms. The summed E-state index contributed by atoms with van der Waals surface area (Å²) in [7, 11) is 0.656. The Hall–Kier alpha value is -2.80. The number of rotatable bonds is 4. The maximum atomic E-state index is 12.5. The average Bonchev–Trinajstić information content (AvgIpc) is 2.58. The van der Waals surface area contributed by atoms with Crippen molar-refractivity contribution in [1.29, 1.82) is 0 Å². The van der Waals surface area contributed by atoms with Crippen molar-refractivity contribution in [2.75, 3.05) is 11.6 Å². The molecule has 0 saturated carbocycles. The lowest BCUT2D eigenvalue weighted by molar-refractivity contribution is 0.102. The molecule has 0 aliphatic rings. The maximum absolute atomic E-state index is 12.5. The second kappa shape index (κ2) is 6.98. The maximum Gasteiger partial charge on any atom is 0.260 e. The van der Waals surface area contributed by atoms with Gasteiger partial charge >= 0.3 is 0 Å². The van der Waals surface area contributed by atoms with Crippen LogP contribution in [0, 0.1) is 0 Å². The summed E-state index contributed by atoms with van der Waals surface area (Å²) >= 11 is 0. The van der Waals surface area contributed by atoms with Gasteiger partial charge < -0.3 is 9.88 Å². The number of hydrogen-bond acceptors (Lipinski definition) is 4. The van der Waals surface area contributed by atoms with Gasteiger partial charge in [0.2, 0.25) is 0 Å². The lowest BCUT2D eigenvalue weighted by Crippen LogP contribution is -2.17. The van der Waals surface area contributed by atoms with Crippen molar-refractivity contribution in [2.45, 2.75) is 5.75 Å². The Morgan fingerprint density at radius 2 is 2.04 bits per heavy atom. The van der Waals surface area contributed by atoms with E-state index in [0.717, 1.165) is 5.56 Å². The van der Waals surface area contributed by atoms with E-state index in [1.54, 1.807) is 49.7 Å². The lowest BCUT2D eigenvalue weighted by atomic mass is 10.1. The molecule has 0 saturated heterocycles. The van der Waals surface area contributed by atoms with Gasteiger partial charge in [-0.3, -0.25) is 13.8 Å². The van der Waals surface area contributed by atoms with Crippen LogP contribution in [0.1, 0.15) is 15.9 Å². The number of benzene rings is 2. The number of aromatic nitrogens is 2. The predicted molar refractivity (Wildman–Crippen MR) is 99.1 cm³/mol. The molecule has 1 atom stereocenters. The standard InChI is InChI=1S/C18H17N3O3S/c1-21-11-19-16-7-6-14(9-15(16)18(21)23)20-17(22)13-5-3-4-12(8-13)10-25(2)24/h3-9,11H,10H2,1-2H3,(H,20,22). The number of carbonyl (C=O) groups excluding carboxylic acids is 1. The molecular weight excluding hydrogens is 338 g/mol. The van der Waals surface area contributed by atoms with Gasteiger partial charge in [-0.1, -0.05) is 12.1 Å². The van der Waals surface area contributed by atoms with Crippen LogP contribution in [-0.2, 0) is 23.6 Å². The first-order valence-electron chi connectivity index (χ1n) is 7.60. The number of nitrogens with zero attached hydrogens (tertiary/aromatic N) is 2. The first-order chi connectivity index (χ1) is 11.9. The predicted octanol–water partition coefficient (Wildman–Crippen LogP) is 2.06. The summed E-state index contributed by atoms with van der Waals surface area (Å²) in [5, 5.41) is 3.23. The Morgan fingerprint density at radius 1 is 1.24 bits per heavy atom. The smallest absolute Gasteiger partial charge is 0.260 e. The average molecular weight is 355 g/mol. The number of nitrogens with one attached hydrogen (secondary N) is 1. The zero-order valence-electron chi connectivity index (χ0n) is 13.9. The number of aryl methyl sites for hydroxylation is 1. The van der Waals surface area contributed by atoms with E-state index in [1.165, 1.54) is 10.9 Å². The molecular formula is C18H17N3O3S. The van der Waals surface area contributed by atoms with Crippen molar-refractivity contribution >= 4 is 33.3 Å². The minimum Gasteiger partial charge on any atom is -0.322 e. The molecule has 3 rings (SSSR count). The van der Waals surface area contributed by atoms with Gasteiger partial charge in [-0.15, -0.1) is 0 Å². The van der Waals surface area contributed by atoms with Crippen LogP contribution in [-0.4, -0.2) is 25.9 Å². The van der Waals surface area contributed by atoms with E-state index in [4.69, 9.17) is 0 Å². The zero-order chi connectivity index (χ0) is 18.0. The topological polar surface area (TPSA) is 81.1 Å². The summed E-state index contributed by atoms with van der Waals surface area (Å²) in [6.07, 6.45) is 3.09. The Balaban J connectivity index is 1.88. The van der Waals surface area contributed by atoms with Gasteiger partial charge in [0, 0.05) is 41.1 Å². The lowest BCUT2D eigenvalue weighted by Gasteiger charge is -2.08. The monoisotopic (exact) mass is 355 g/mol. The van der Waals surface area contributed by atoms with Crippen molar-refractivity contribution in [2.24, 2.45) is 7.05 Å². The van der Waals surface area contributed by atoms with Crippen LogP contribution < -0.4 is 10.9 Å². The Kier molecular flexibility index (Phi) is 4.76. The molecule has 1 unspecified atom stereocenters. The molecule has 1 N–H and O–H groups in total. The van der Waals surface area contributed by atoms with E-state index < -0.39 is 10.8 Å². The van der Waals surface area contributed by atoms with Gasteiger partial charge in [0.1, 0.15) is 0 Å². The molecule has 7 heteroatoms. The fourth-order valence-electron chi connectivity index (χ4n) is 2.53. The third-order valence-electron chi connectivity index (χ3n) is 3.73. The van der Waals surface area contributed by atoms with Crippen molar-refractivity contribution < 1.29 is 9.00 Å². The molecule has 0 radical (unpaired) electrons. The zero-order valence-corrected chi connectivity index (χ0v) is 14.7. The number of carbonyl (C=O) groups is 1. The second-order valence-corrected chi connectivity index (χ2v) is 7.20. The van der Waals surface area contributed by atoms with Gasteiger partial charge in [-0.2, -0.15) is 0 Å². The molecule has 25 heavy (non-hydrogen) atoms. The summed E-state index contributed by atoms with van der Waals surface area (Å²) in [6, 6.07) is 12.0. The molecule has 1 aromatic heterocycles. The summed E-state index contributed by atoms with van der Waals surface area (Å²) in [6.45, 7) is 0. The fraction of sp³-hybridized carbons (Fsp3) is 0.167. The van der Waals surface area contributed by atoms with Crippen molar-refractivity contribution in [3.05, 3.63) is 70.3 Å². The van der Waals surface area contributed by atoms with E-state index in [1.807, 2.05) is 6.07 Å². The van der Waals surface area contributed by atoms with Crippen LogP contribution in [0.4, 0.5) is 5.69 Å². The number of hydrogen-bond donors (Lipinski definition) is 1. The van der Waals surface area contributed by atoms with Gasteiger partial charge in [0.25, 0.3) is 11.5 Å². The highest BCUT2D eigenvalue weighted by Crippen LogP contribution is 2.16. The molecule has 0 fully saturated rings. The molecule has 2 aromatic carbocycles. The number of amides is 1. The quantitative estimate of drug-likeness (QED) is 0.777. The van der Waals surface area contributed by atoms with Crippen LogP contribution in [0.15, 0.2) is 53.6 Å². The third kappa shape index (κ3) is 3.83. The van der Waals surface area contributed by atoms with E-state index in [9.17, 15) is 13.8 Å². The summed E-state index contributed by atoms with van der Waals surface area (Å²) in [5.41, 5.74) is 2.24. The molecule has 128 valence electrons. The molecule has 3 aromatic rings. The van der Waals surface area contributed by atoms with Crippen LogP contribution in [0.2, 0.25) is 0 Å². The summed E-state index contributed by atoms with van der Waals surface area (Å²) in [4.78, 5) is 28.8. The Labute approximate surface area is 147 Å². The van der Waals surface area contributed by atoms with Crippen LogP contribution >= 0.6 is 0 Å². The van der Waals surface area contributed by atoms with Crippen molar-refractivity contribution in [1.82, 2.24) is 9.55 Å². The SMILES string of the molecule is Cn1cnc2ccc(NC(=O)c3cccc(CS(C)=O)c3)cc2c1=O. The van der Waals surface area contributed by atoms with E-state index in [2.05, 4.69) is 10.3 Å².